The third-order valence-corrected chi connectivity index (χ3v) is 5.38. The maximum Gasteiger partial charge on any atom is 0.0687 e. The van der Waals surface area contributed by atoms with Crippen molar-refractivity contribution in [3.8, 4) is 0 Å². The van der Waals surface area contributed by atoms with Crippen LogP contribution in [0.15, 0.2) is 0 Å². The van der Waals surface area contributed by atoms with Crippen LogP contribution in [0, 0.1) is 5.41 Å². The van der Waals surface area contributed by atoms with Gasteiger partial charge in [0.2, 0.25) is 0 Å². The highest BCUT2D eigenvalue weighted by atomic mass is 16.5. The maximum absolute atomic E-state index is 6.50. The van der Waals surface area contributed by atoms with E-state index in [1.165, 1.54) is 57.8 Å². The SMILES string of the molecule is CCNC(CCC1CCC2(CCCCC2)O1)C(C)(C)C. The Kier molecular flexibility index (Phi) is 5.53. The summed E-state index contributed by atoms with van der Waals surface area (Å²) in [5.41, 5.74) is 0.634. The first-order valence-electron chi connectivity index (χ1n) is 8.86. The van der Waals surface area contributed by atoms with Gasteiger partial charge in [-0.05, 0) is 50.5 Å². The fourth-order valence-electron chi connectivity index (χ4n) is 4.10. The second-order valence-corrected chi connectivity index (χ2v) is 8.08. The van der Waals surface area contributed by atoms with Gasteiger partial charge in [0.15, 0.2) is 0 Å². The van der Waals surface area contributed by atoms with Gasteiger partial charge in [0.05, 0.1) is 11.7 Å². The molecule has 0 aromatic rings. The molecule has 2 aliphatic rings. The summed E-state index contributed by atoms with van der Waals surface area (Å²) < 4.78 is 6.50. The monoisotopic (exact) mass is 281 g/mol. The molecular formula is C18H35NO. The van der Waals surface area contributed by atoms with Crippen molar-refractivity contribution in [3.05, 3.63) is 0 Å². The molecule has 2 heteroatoms. The molecule has 0 aromatic heterocycles. The smallest absolute Gasteiger partial charge is 0.0687 e. The number of hydrogen-bond acceptors (Lipinski definition) is 2. The molecule has 2 rings (SSSR count). The van der Waals surface area contributed by atoms with Gasteiger partial charge in [-0.25, -0.2) is 0 Å². The largest absolute Gasteiger partial charge is 0.372 e. The molecule has 2 fully saturated rings. The Morgan fingerprint density at radius 1 is 1.15 bits per heavy atom. The summed E-state index contributed by atoms with van der Waals surface area (Å²) in [4.78, 5) is 0. The zero-order valence-corrected chi connectivity index (χ0v) is 14.1. The Balaban J connectivity index is 1.79. The quantitative estimate of drug-likeness (QED) is 0.790. The van der Waals surface area contributed by atoms with E-state index in [0.717, 1.165) is 6.54 Å². The van der Waals surface area contributed by atoms with Crippen molar-refractivity contribution in [1.82, 2.24) is 5.32 Å². The van der Waals surface area contributed by atoms with Crippen LogP contribution in [-0.4, -0.2) is 24.3 Å². The molecule has 0 bridgehead atoms. The average molecular weight is 281 g/mol. The summed E-state index contributed by atoms with van der Waals surface area (Å²) in [5.74, 6) is 0. The molecule has 1 spiro atoms. The van der Waals surface area contributed by atoms with Crippen LogP contribution in [-0.2, 0) is 4.74 Å². The first-order chi connectivity index (χ1) is 9.45. The Morgan fingerprint density at radius 3 is 2.45 bits per heavy atom. The standard InChI is InChI=1S/C18H35NO/c1-5-19-16(17(2,3)4)10-9-15-11-14-18(20-15)12-7-6-8-13-18/h15-16,19H,5-14H2,1-4H3. The number of rotatable bonds is 5. The molecule has 1 N–H and O–H groups in total. The molecule has 1 aliphatic carbocycles. The summed E-state index contributed by atoms with van der Waals surface area (Å²) in [6, 6.07) is 0.610. The molecule has 0 radical (unpaired) electrons. The van der Waals surface area contributed by atoms with Crippen molar-refractivity contribution < 1.29 is 4.74 Å². The van der Waals surface area contributed by atoms with Gasteiger partial charge >= 0.3 is 0 Å². The minimum Gasteiger partial charge on any atom is -0.372 e. The van der Waals surface area contributed by atoms with Crippen LogP contribution in [0.4, 0.5) is 0 Å². The van der Waals surface area contributed by atoms with E-state index >= 15 is 0 Å². The van der Waals surface area contributed by atoms with Crippen molar-refractivity contribution in [3.63, 3.8) is 0 Å². The van der Waals surface area contributed by atoms with Crippen LogP contribution < -0.4 is 5.32 Å². The third kappa shape index (κ3) is 4.21. The van der Waals surface area contributed by atoms with Gasteiger partial charge in [-0.1, -0.05) is 47.0 Å². The highest BCUT2D eigenvalue weighted by molar-refractivity contribution is 4.92. The Morgan fingerprint density at radius 2 is 1.85 bits per heavy atom. The molecule has 1 heterocycles. The van der Waals surface area contributed by atoms with Crippen molar-refractivity contribution in [2.24, 2.45) is 5.41 Å². The van der Waals surface area contributed by atoms with E-state index in [-0.39, 0.29) is 0 Å². The van der Waals surface area contributed by atoms with Crippen molar-refractivity contribution in [2.45, 2.75) is 103 Å². The first kappa shape index (κ1) is 16.3. The maximum atomic E-state index is 6.50. The molecule has 1 aliphatic heterocycles. The molecule has 20 heavy (non-hydrogen) atoms. The third-order valence-electron chi connectivity index (χ3n) is 5.38. The van der Waals surface area contributed by atoms with Gasteiger partial charge in [0.25, 0.3) is 0 Å². The van der Waals surface area contributed by atoms with E-state index in [4.69, 9.17) is 4.74 Å². The van der Waals surface area contributed by atoms with E-state index in [1.54, 1.807) is 0 Å². The van der Waals surface area contributed by atoms with E-state index in [9.17, 15) is 0 Å². The number of nitrogens with one attached hydrogen (secondary N) is 1. The van der Waals surface area contributed by atoms with Crippen LogP contribution in [0.1, 0.15) is 85.5 Å². The zero-order chi connectivity index (χ0) is 14.6. The van der Waals surface area contributed by atoms with Crippen molar-refractivity contribution in [1.29, 1.82) is 0 Å². The molecule has 0 amide bonds. The molecule has 0 aromatic carbocycles. The van der Waals surface area contributed by atoms with Crippen LogP contribution in [0.3, 0.4) is 0 Å². The van der Waals surface area contributed by atoms with E-state index < -0.39 is 0 Å². The van der Waals surface area contributed by atoms with Crippen LogP contribution in [0.5, 0.6) is 0 Å². The molecule has 2 nitrogen and oxygen atoms in total. The van der Waals surface area contributed by atoms with Gasteiger partial charge in [-0.3, -0.25) is 0 Å². The Hall–Kier alpha value is -0.0800. The first-order valence-corrected chi connectivity index (χ1v) is 8.86. The van der Waals surface area contributed by atoms with Gasteiger partial charge in [0, 0.05) is 6.04 Å². The van der Waals surface area contributed by atoms with Crippen molar-refractivity contribution in [2.75, 3.05) is 6.54 Å². The fourth-order valence-corrected chi connectivity index (χ4v) is 4.10. The summed E-state index contributed by atoms with van der Waals surface area (Å²) >= 11 is 0. The average Bonchev–Trinajstić information content (AvgIpc) is 2.77. The van der Waals surface area contributed by atoms with Gasteiger partial charge < -0.3 is 10.1 Å². The topological polar surface area (TPSA) is 21.3 Å². The van der Waals surface area contributed by atoms with Gasteiger partial charge in [-0.15, -0.1) is 0 Å². The Labute approximate surface area is 126 Å². The van der Waals surface area contributed by atoms with E-state index in [2.05, 4.69) is 33.0 Å². The van der Waals surface area contributed by atoms with Crippen LogP contribution in [0.25, 0.3) is 0 Å². The van der Waals surface area contributed by atoms with Gasteiger partial charge in [-0.2, -0.15) is 0 Å². The zero-order valence-electron chi connectivity index (χ0n) is 14.1. The minimum absolute atomic E-state index is 0.290. The highest BCUT2D eigenvalue weighted by Crippen LogP contribution is 2.43. The summed E-state index contributed by atoms with van der Waals surface area (Å²) in [6.07, 6.45) is 12.4. The summed E-state index contributed by atoms with van der Waals surface area (Å²) in [7, 11) is 0. The minimum atomic E-state index is 0.290. The second kappa shape index (κ2) is 6.79. The van der Waals surface area contributed by atoms with Crippen LogP contribution >= 0.6 is 0 Å². The lowest BCUT2D eigenvalue weighted by Gasteiger charge is -2.34. The Bertz CT molecular complexity index is 288. The molecule has 118 valence electrons. The molecule has 2 unspecified atom stereocenters. The fraction of sp³-hybridized carbons (Fsp3) is 1.00. The lowest BCUT2D eigenvalue weighted by Crippen LogP contribution is -2.41. The normalized spacial score (nSPS) is 27.9. The van der Waals surface area contributed by atoms with E-state index in [1.807, 2.05) is 0 Å². The van der Waals surface area contributed by atoms with Crippen LogP contribution in [0.2, 0.25) is 0 Å². The van der Waals surface area contributed by atoms with Crippen molar-refractivity contribution >= 4 is 0 Å². The summed E-state index contributed by atoms with van der Waals surface area (Å²) in [6.45, 7) is 10.3. The number of hydrogen-bond donors (Lipinski definition) is 1. The lowest BCUT2D eigenvalue weighted by molar-refractivity contribution is -0.0672. The molecule has 1 saturated heterocycles. The molecule has 2 atom stereocenters. The molecule has 1 saturated carbocycles. The predicted molar refractivity (Wildman–Crippen MR) is 86.1 cm³/mol. The second-order valence-electron chi connectivity index (χ2n) is 8.08. The summed E-state index contributed by atoms with van der Waals surface area (Å²) in [5, 5.41) is 3.66. The number of ether oxygens (including phenoxy) is 1. The van der Waals surface area contributed by atoms with E-state index in [0.29, 0.717) is 23.2 Å². The lowest BCUT2D eigenvalue weighted by atomic mass is 9.82. The van der Waals surface area contributed by atoms with Gasteiger partial charge in [0.1, 0.15) is 0 Å². The predicted octanol–water partition coefficient (Wildman–Crippen LogP) is 4.67. The highest BCUT2D eigenvalue weighted by Gasteiger charge is 2.40. The molecular weight excluding hydrogens is 246 g/mol.